The van der Waals surface area contributed by atoms with Crippen molar-refractivity contribution in [2.24, 2.45) is 0 Å². The fourth-order valence-corrected chi connectivity index (χ4v) is 4.89. The number of esters is 1. The second-order valence-electron chi connectivity index (χ2n) is 6.28. The molecule has 1 N–H and O–H groups in total. The molecule has 4 rings (SSSR count). The van der Waals surface area contributed by atoms with E-state index in [1.165, 1.54) is 11.3 Å². The molecule has 0 bridgehead atoms. The average Bonchev–Trinajstić information content (AvgIpc) is 3.20. The maximum absolute atomic E-state index is 12.8. The molecule has 1 aliphatic rings. The Morgan fingerprint density at radius 1 is 1.33 bits per heavy atom. The molecule has 0 unspecified atom stereocenters. The van der Waals surface area contributed by atoms with Gasteiger partial charge < -0.3 is 10.1 Å². The predicted octanol–water partition coefficient (Wildman–Crippen LogP) is 4.36. The zero-order chi connectivity index (χ0) is 19.0. The van der Waals surface area contributed by atoms with Crippen molar-refractivity contribution in [2.75, 3.05) is 11.9 Å². The van der Waals surface area contributed by atoms with E-state index in [9.17, 15) is 9.59 Å². The van der Waals surface area contributed by atoms with Crippen molar-refractivity contribution in [1.29, 1.82) is 0 Å². The molecule has 140 valence electrons. The SMILES string of the molecule is CCOC(=O)c1c(NC(=O)c2nn3ccccc3c2Cl)sc2c1CCCC2. The Morgan fingerprint density at radius 2 is 2.15 bits per heavy atom. The van der Waals surface area contributed by atoms with Crippen LogP contribution in [0.3, 0.4) is 0 Å². The highest BCUT2D eigenvalue weighted by Crippen LogP contribution is 2.39. The van der Waals surface area contributed by atoms with Gasteiger partial charge in [0.25, 0.3) is 5.91 Å². The number of anilines is 1. The van der Waals surface area contributed by atoms with E-state index in [1.54, 1.807) is 23.7 Å². The molecule has 0 aromatic carbocycles. The van der Waals surface area contributed by atoms with Gasteiger partial charge in [-0.15, -0.1) is 11.3 Å². The number of pyridine rings is 1. The first-order chi connectivity index (χ1) is 13.1. The number of nitrogens with zero attached hydrogens (tertiary/aromatic N) is 2. The maximum atomic E-state index is 12.8. The van der Waals surface area contributed by atoms with Gasteiger partial charge in [0, 0.05) is 11.1 Å². The van der Waals surface area contributed by atoms with Crippen LogP contribution >= 0.6 is 22.9 Å². The number of hydrogen-bond donors (Lipinski definition) is 1. The minimum atomic E-state index is -0.437. The zero-order valence-electron chi connectivity index (χ0n) is 14.8. The van der Waals surface area contributed by atoms with E-state index in [4.69, 9.17) is 16.3 Å². The standard InChI is InChI=1S/C19H18ClN3O3S/c1-2-26-19(25)14-11-7-3-4-9-13(11)27-18(14)21-17(24)16-15(20)12-8-5-6-10-23(12)22-16/h5-6,8,10H,2-4,7,9H2,1H3,(H,21,24). The van der Waals surface area contributed by atoms with Gasteiger partial charge in [0.15, 0.2) is 5.69 Å². The van der Waals surface area contributed by atoms with Crippen LogP contribution in [0.5, 0.6) is 0 Å². The van der Waals surface area contributed by atoms with Crippen molar-refractivity contribution < 1.29 is 14.3 Å². The number of thiophene rings is 1. The highest BCUT2D eigenvalue weighted by Gasteiger charge is 2.28. The maximum Gasteiger partial charge on any atom is 0.341 e. The van der Waals surface area contributed by atoms with E-state index in [0.29, 0.717) is 16.1 Å². The van der Waals surface area contributed by atoms with Crippen LogP contribution < -0.4 is 5.32 Å². The zero-order valence-corrected chi connectivity index (χ0v) is 16.3. The lowest BCUT2D eigenvalue weighted by atomic mass is 9.95. The summed E-state index contributed by atoms with van der Waals surface area (Å²) in [5.41, 5.74) is 2.26. The number of carbonyl (C=O) groups excluding carboxylic acids is 2. The quantitative estimate of drug-likeness (QED) is 0.657. The molecular formula is C19H18ClN3O3S. The molecule has 0 saturated carbocycles. The summed E-state index contributed by atoms with van der Waals surface area (Å²) in [6.45, 7) is 2.06. The minimum absolute atomic E-state index is 0.129. The van der Waals surface area contributed by atoms with Crippen molar-refractivity contribution in [3.05, 3.63) is 51.1 Å². The van der Waals surface area contributed by atoms with Crippen LogP contribution in [0.2, 0.25) is 5.02 Å². The van der Waals surface area contributed by atoms with Crippen molar-refractivity contribution in [2.45, 2.75) is 32.6 Å². The lowest BCUT2D eigenvalue weighted by Crippen LogP contribution is -2.16. The predicted molar refractivity (Wildman–Crippen MR) is 105 cm³/mol. The smallest absolute Gasteiger partial charge is 0.341 e. The van der Waals surface area contributed by atoms with Gasteiger partial charge in [-0.3, -0.25) is 4.79 Å². The van der Waals surface area contributed by atoms with Gasteiger partial charge in [-0.2, -0.15) is 5.10 Å². The fourth-order valence-electron chi connectivity index (χ4n) is 3.35. The first-order valence-corrected chi connectivity index (χ1v) is 10.1. The number of hydrogen-bond acceptors (Lipinski definition) is 5. The molecule has 3 heterocycles. The third kappa shape index (κ3) is 3.21. The summed E-state index contributed by atoms with van der Waals surface area (Å²) in [5, 5.41) is 7.90. The first kappa shape index (κ1) is 18.0. The normalized spacial score (nSPS) is 13.4. The van der Waals surface area contributed by atoms with E-state index < -0.39 is 11.9 Å². The van der Waals surface area contributed by atoms with Gasteiger partial charge >= 0.3 is 5.97 Å². The van der Waals surface area contributed by atoms with Gasteiger partial charge in [0.2, 0.25) is 0 Å². The third-order valence-electron chi connectivity index (χ3n) is 4.57. The van der Waals surface area contributed by atoms with Gasteiger partial charge in [-0.1, -0.05) is 17.7 Å². The number of carbonyl (C=O) groups is 2. The number of aromatic nitrogens is 2. The molecule has 3 aromatic heterocycles. The summed E-state index contributed by atoms with van der Waals surface area (Å²) >= 11 is 7.78. The summed E-state index contributed by atoms with van der Waals surface area (Å²) < 4.78 is 6.78. The Kier molecular flexibility index (Phi) is 4.88. The third-order valence-corrected chi connectivity index (χ3v) is 6.15. The summed E-state index contributed by atoms with van der Waals surface area (Å²) in [7, 11) is 0. The van der Waals surface area contributed by atoms with Gasteiger partial charge in [0.1, 0.15) is 5.00 Å². The van der Waals surface area contributed by atoms with Crippen LogP contribution in [0.4, 0.5) is 5.00 Å². The molecule has 1 aliphatic carbocycles. The minimum Gasteiger partial charge on any atom is -0.462 e. The lowest BCUT2D eigenvalue weighted by molar-refractivity contribution is 0.0526. The first-order valence-electron chi connectivity index (χ1n) is 8.86. The number of fused-ring (bicyclic) bond motifs is 2. The van der Waals surface area contributed by atoms with Gasteiger partial charge in [0.05, 0.1) is 22.7 Å². The van der Waals surface area contributed by atoms with Crippen LogP contribution in [-0.4, -0.2) is 28.1 Å². The molecule has 0 radical (unpaired) electrons. The molecule has 6 nitrogen and oxygen atoms in total. The Hall–Kier alpha value is -2.38. The molecule has 0 fully saturated rings. The Balaban J connectivity index is 1.71. The molecule has 0 saturated heterocycles. The number of ether oxygens (including phenoxy) is 1. The molecule has 8 heteroatoms. The molecule has 0 atom stereocenters. The summed E-state index contributed by atoms with van der Waals surface area (Å²) in [4.78, 5) is 26.5. The van der Waals surface area contributed by atoms with Crippen molar-refractivity contribution in [3.8, 4) is 0 Å². The van der Waals surface area contributed by atoms with Crippen LogP contribution in [0, 0.1) is 0 Å². The van der Waals surface area contributed by atoms with E-state index in [0.717, 1.165) is 36.1 Å². The van der Waals surface area contributed by atoms with Gasteiger partial charge in [-0.05, 0) is 50.3 Å². The van der Waals surface area contributed by atoms with E-state index >= 15 is 0 Å². The molecular weight excluding hydrogens is 386 g/mol. The van der Waals surface area contributed by atoms with E-state index in [-0.39, 0.29) is 17.3 Å². The second kappa shape index (κ2) is 7.32. The number of nitrogens with one attached hydrogen (secondary N) is 1. The van der Waals surface area contributed by atoms with Crippen molar-refractivity contribution in [3.63, 3.8) is 0 Å². The number of aryl methyl sites for hydroxylation is 1. The largest absolute Gasteiger partial charge is 0.462 e. The summed E-state index contributed by atoms with van der Waals surface area (Å²) in [5.74, 6) is -0.832. The number of halogens is 1. The van der Waals surface area contributed by atoms with Crippen molar-refractivity contribution >= 4 is 45.3 Å². The monoisotopic (exact) mass is 403 g/mol. The highest BCUT2D eigenvalue weighted by atomic mass is 35.5. The Labute approximate surface area is 165 Å². The van der Waals surface area contributed by atoms with E-state index in [2.05, 4.69) is 10.4 Å². The second-order valence-corrected chi connectivity index (χ2v) is 7.77. The highest BCUT2D eigenvalue weighted by molar-refractivity contribution is 7.17. The lowest BCUT2D eigenvalue weighted by Gasteiger charge is -2.12. The molecule has 3 aromatic rings. The molecule has 0 aliphatic heterocycles. The molecule has 1 amide bonds. The van der Waals surface area contributed by atoms with Crippen LogP contribution in [0.1, 0.15) is 51.1 Å². The van der Waals surface area contributed by atoms with Crippen LogP contribution in [-0.2, 0) is 17.6 Å². The fraction of sp³-hybridized carbons (Fsp3) is 0.316. The van der Waals surface area contributed by atoms with Gasteiger partial charge in [-0.25, -0.2) is 9.31 Å². The van der Waals surface area contributed by atoms with Crippen LogP contribution in [0.15, 0.2) is 24.4 Å². The van der Waals surface area contributed by atoms with E-state index in [1.807, 2.05) is 12.1 Å². The van der Waals surface area contributed by atoms with Crippen molar-refractivity contribution in [1.82, 2.24) is 9.61 Å². The number of amides is 1. The molecule has 27 heavy (non-hydrogen) atoms. The Morgan fingerprint density at radius 3 is 2.93 bits per heavy atom. The Bertz CT molecular complexity index is 1040. The topological polar surface area (TPSA) is 72.7 Å². The summed E-state index contributed by atoms with van der Waals surface area (Å²) in [6, 6.07) is 5.43. The molecule has 0 spiro atoms. The average molecular weight is 404 g/mol. The number of rotatable bonds is 4. The summed E-state index contributed by atoms with van der Waals surface area (Å²) in [6.07, 6.45) is 5.58. The van der Waals surface area contributed by atoms with Crippen LogP contribution in [0.25, 0.3) is 5.52 Å².